The van der Waals surface area contributed by atoms with Crippen molar-refractivity contribution in [1.29, 1.82) is 0 Å². The molecule has 54 heavy (non-hydrogen) atoms. The smallest absolute Gasteiger partial charge is 0.160 e. The number of hydrogen-bond donors (Lipinski definition) is 0. The molecule has 6 aromatic carbocycles. The summed E-state index contributed by atoms with van der Waals surface area (Å²) in [6.45, 7) is 0. The molecule has 8 aromatic rings. The van der Waals surface area contributed by atoms with E-state index in [2.05, 4.69) is 175 Å². The maximum Gasteiger partial charge on any atom is 0.160 e. The summed E-state index contributed by atoms with van der Waals surface area (Å²) >= 11 is 0. The average Bonchev–Trinajstić information content (AvgIpc) is 3.27. The van der Waals surface area contributed by atoms with E-state index in [1.54, 1.807) is 0 Å². The summed E-state index contributed by atoms with van der Waals surface area (Å²) in [7, 11) is 0. The second kappa shape index (κ2) is 13.7. The molecule has 0 radical (unpaired) electrons. The zero-order chi connectivity index (χ0) is 35.8. The molecule has 0 saturated heterocycles. The minimum Gasteiger partial charge on any atom is -0.264 e. The third-order valence-electron chi connectivity index (χ3n) is 11.1. The van der Waals surface area contributed by atoms with E-state index in [1.165, 1.54) is 54.9 Å². The Morgan fingerprint density at radius 2 is 1.22 bits per heavy atom. The average molecular weight is 692 g/mol. The number of allylic oxidation sites excluding steroid dienone is 5. The van der Waals surface area contributed by atoms with Gasteiger partial charge in [0.05, 0.1) is 11.4 Å². The zero-order valence-corrected chi connectivity index (χ0v) is 29.8. The molecule has 3 heteroatoms. The Hall–Kier alpha value is -6.71. The lowest BCUT2D eigenvalue weighted by atomic mass is 9.80. The van der Waals surface area contributed by atoms with Crippen molar-refractivity contribution in [2.45, 2.75) is 24.7 Å². The maximum absolute atomic E-state index is 5.28. The van der Waals surface area contributed by atoms with Gasteiger partial charge in [-0.25, -0.2) is 9.97 Å². The molecular weight excluding hydrogens is 655 g/mol. The van der Waals surface area contributed by atoms with Gasteiger partial charge in [-0.05, 0) is 91.5 Å². The molecule has 10 rings (SSSR count). The van der Waals surface area contributed by atoms with Crippen molar-refractivity contribution in [3.63, 3.8) is 0 Å². The van der Waals surface area contributed by atoms with Crippen molar-refractivity contribution < 1.29 is 0 Å². The third kappa shape index (κ3) is 5.94. The summed E-state index contributed by atoms with van der Waals surface area (Å²) in [5, 5.41) is 5.33. The van der Waals surface area contributed by atoms with Crippen LogP contribution < -0.4 is 0 Å². The van der Waals surface area contributed by atoms with Crippen molar-refractivity contribution in [3.05, 3.63) is 210 Å². The van der Waals surface area contributed by atoms with Crippen LogP contribution in [0.2, 0.25) is 0 Å². The predicted octanol–water partition coefficient (Wildman–Crippen LogP) is 12.7. The fourth-order valence-corrected chi connectivity index (χ4v) is 8.33. The fraction of sp³-hybridized carbons (Fsp3) is 0.0784. The highest BCUT2D eigenvalue weighted by molar-refractivity contribution is 6.13. The van der Waals surface area contributed by atoms with Crippen LogP contribution in [-0.4, -0.2) is 15.0 Å². The first-order valence-electron chi connectivity index (χ1n) is 18.8. The van der Waals surface area contributed by atoms with Crippen molar-refractivity contribution in [3.8, 4) is 33.8 Å². The van der Waals surface area contributed by atoms with Crippen LogP contribution in [0.4, 0.5) is 0 Å². The van der Waals surface area contributed by atoms with Crippen LogP contribution in [0, 0.1) is 0 Å². The Labute approximate surface area is 315 Å². The summed E-state index contributed by atoms with van der Waals surface area (Å²) in [4.78, 5) is 14.9. The van der Waals surface area contributed by atoms with Gasteiger partial charge in [0.2, 0.25) is 0 Å². The van der Waals surface area contributed by atoms with Crippen molar-refractivity contribution in [1.82, 2.24) is 15.0 Å². The molecule has 2 atom stereocenters. The molecule has 2 aliphatic rings. The minimum atomic E-state index is 0.112. The lowest BCUT2D eigenvalue weighted by Crippen LogP contribution is -2.08. The van der Waals surface area contributed by atoms with Crippen molar-refractivity contribution in [2.24, 2.45) is 0 Å². The number of pyridine rings is 1. The zero-order valence-electron chi connectivity index (χ0n) is 29.8. The Morgan fingerprint density at radius 3 is 2.04 bits per heavy atom. The fourth-order valence-electron chi connectivity index (χ4n) is 8.33. The second-order valence-electron chi connectivity index (χ2n) is 14.4. The van der Waals surface area contributed by atoms with E-state index in [-0.39, 0.29) is 11.8 Å². The van der Waals surface area contributed by atoms with Crippen molar-refractivity contribution >= 4 is 33.2 Å². The molecule has 2 heterocycles. The Morgan fingerprint density at radius 1 is 0.500 bits per heavy atom. The monoisotopic (exact) mass is 691 g/mol. The van der Waals surface area contributed by atoms with Crippen molar-refractivity contribution in [2.75, 3.05) is 0 Å². The normalized spacial score (nSPS) is 16.3. The van der Waals surface area contributed by atoms with E-state index in [0.29, 0.717) is 0 Å². The van der Waals surface area contributed by atoms with Gasteiger partial charge in [-0.2, -0.15) is 0 Å². The largest absolute Gasteiger partial charge is 0.264 e. The molecule has 0 N–H and O–H groups in total. The second-order valence-corrected chi connectivity index (χ2v) is 14.4. The lowest BCUT2D eigenvalue weighted by molar-refractivity contribution is 0.821. The van der Waals surface area contributed by atoms with Gasteiger partial charge >= 0.3 is 0 Å². The Kier molecular flexibility index (Phi) is 8.11. The van der Waals surface area contributed by atoms with E-state index >= 15 is 0 Å². The lowest BCUT2D eigenvalue weighted by Gasteiger charge is -2.24. The number of nitrogens with zero attached hydrogens (tertiary/aromatic N) is 3. The summed E-state index contributed by atoms with van der Waals surface area (Å²) in [5.41, 5.74) is 12.9. The molecular formula is C51H37N3. The van der Waals surface area contributed by atoms with Gasteiger partial charge in [0.1, 0.15) is 0 Å². The molecule has 0 fully saturated rings. The molecule has 0 saturated carbocycles. The van der Waals surface area contributed by atoms with Crippen LogP contribution in [0.3, 0.4) is 0 Å². The molecule has 0 bridgehead atoms. The van der Waals surface area contributed by atoms with E-state index in [0.717, 1.165) is 46.7 Å². The first kappa shape index (κ1) is 32.0. The van der Waals surface area contributed by atoms with Crippen LogP contribution in [0.5, 0.6) is 0 Å². The van der Waals surface area contributed by atoms with E-state index in [1.807, 2.05) is 18.5 Å². The SMILES string of the molecule is C1=CC(c2cc(-c3cccc(-c4ccccc4)c3)nc(-c3ccc(C4C=Cc5c(c6ccccc6c6ccccc56)C4)cc3)n2)CC(c2cccnc2)=C1. The van der Waals surface area contributed by atoms with E-state index in [4.69, 9.17) is 9.97 Å². The molecule has 0 spiro atoms. The van der Waals surface area contributed by atoms with E-state index < -0.39 is 0 Å². The van der Waals surface area contributed by atoms with Crippen LogP contribution >= 0.6 is 0 Å². The standard InChI is InChI=1S/C51H37N3/c1-2-11-34(12-3-1)37-13-8-15-40(29-37)49-32-50(41-16-9-14-38(30-41)42-17-10-28-52-33-42)54-51(53-49)36-24-22-35(23-25-36)39-26-27-47-45-20-5-4-18-43(45)44-19-6-7-21-46(44)48(47)31-39/h1-29,32-33,39,41H,30-31H2. The Balaban J connectivity index is 1.01. The molecule has 2 aromatic heterocycles. The van der Waals surface area contributed by atoms with Gasteiger partial charge in [0.25, 0.3) is 0 Å². The third-order valence-corrected chi connectivity index (χ3v) is 11.1. The number of fused-ring (bicyclic) bond motifs is 6. The quantitative estimate of drug-likeness (QED) is 0.163. The number of aromatic nitrogens is 3. The molecule has 0 amide bonds. The molecule has 0 aliphatic heterocycles. The highest BCUT2D eigenvalue weighted by Crippen LogP contribution is 2.41. The molecule has 3 nitrogen and oxygen atoms in total. The van der Waals surface area contributed by atoms with Gasteiger partial charge in [-0.1, -0.05) is 158 Å². The predicted molar refractivity (Wildman–Crippen MR) is 224 cm³/mol. The van der Waals surface area contributed by atoms with Crippen LogP contribution in [0.1, 0.15) is 46.2 Å². The number of benzene rings is 6. The van der Waals surface area contributed by atoms with Gasteiger partial charge < -0.3 is 0 Å². The summed E-state index contributed by atoms with van der Waals surface area (Å²) in [6, 6.07) is 52.2. The highest BCUT2D eigenvalue weighted by Gasteiger charge is 2.22. The summed E-state index contributed by atoms with van der Waals surface area (Å²) in [6.07, 6.45) is 16.9. The first-order valence-corrected chi connectivity index (χ1v) is 18.8. The van der Waals surface area contributed by atoms with Gasteiger partial charge in [0, 0.05) is 35.4 Å². The van der Waals surface area contributed by atoms with Gasteiger partial charge in [-0.3, -0.25) is 4.98 Å². The molecule has 256 valence electrons. The first-order chi connectivity index (χ1) is 26.7. The molecule has 2 unspecified atom stereocenters. The molecule has 2 aliphatic carbocycles. The number of rotatable bonds is 6. The highest BCUT2D eigenvalue weighted by atomic mass is 14.9. The maximum atomic E-state index is 5.28. The topological polar surface area (TPSA) is 38.7 Å². The van der Waals surface area contributed by atoms with Gasteiger partial charge in [-0.15, -0.1) is 0 Å². The number of hydrogen-bond acceptors (Lipinski definition) is 3. The van der Waals surface area contributed by atoms with Crippen LogP contribution in [0.15, 0.2) is 182 Å². The van der Waals surface area contributed by atoms with E-state index in [9.17, 15) is 0 Å². The van der Waals surface area contributed by atoms with Gasteiger partial charge in [0.15, 0.2) is 5.82 Å². The minimum absolute atomic E-state index is 0.112. The van der Waals surface area contributed by atoms with Crippen LogP contribution in [-0.2, 0) is 6.42 Å². The summed E-state index contributed by atoms with van der Waals surface area (Å²) < 4.78 is 0. The summed E-state index contributed by atoms with van der Waals surface area (Å²) in [5.74, 6) is 1.14. The van der Waals surface area contributed by atoms with Crippen LogP contribution in [0.25, 0.3) is 67.0 Å². The Bertz CT molecular complexity index is 2760.